The topological polar surface area (TPSA) is 20.2 Å². The fraction of sp³-hybridized carbons (Fsp3) is 1.00. The Hall–Kier alpha value is 0.180. The van der Waals surface area contributed by atoms with Gasteiger partial charge in [0.15, 0.2) is 0 Å². The third kappa shape index (κ3) is 14.3. The lowest BCUT2D eigenvalue weighted by molar-refractivity contribution is 0.253. The number of aliphatic hydroxyl groups excluding tert-OH is 1. The van der Waals surface area contributed by atoms with Crippen LogP contribution in [0.1, 0.15) is 0 Å². The quantitative estimate of drug-likeness (QED) is 0.505. The van der Waals surface area contributed by atoms with Gasteiger partial charge in [-0.3, -0.25) is 0 Å². The zero-order chi connectivity index (χ0) is 3.41. The summed E-state index contributed by atoms with van der Waals surface area (Å²) in [4.78, 5) is 0. The van der Waals surface area contributed by atoms with Crippen molar-refractivity contribution < 1.29 is 9.50 Å². The Kier molecular flexibility index (Phi) is 15.9. The molecule has 0 aromatic carbocycles. The summed E-state index contributed by atoms with van der Waals surface area (Å²) in [7, 11) is 0. The molecule has 0 saturated carbocycles. The average molecular weight is 101 g/mol. The molecule has 0 rings (SSSR count). The van der Waals surface area contributed by atoms with Crippen molar-refractivity contribution in [1.82, 2.24) is 0 Å². The summed E-state index contributed by atoms with van der Waals surface area (Å²) in [6.45, 7) is -0.972. The van der Waals surface area contributed by atoms with Crippen LogP contribution >= 0.6 is 12.4 Å². The zero-order valence-corrected chi connectivity index (χ0v) is 3.46. The molecule has 0 aromatic rings. The Morgan fingerprint density at radius 2 is 1.80 bits per heavy atom. The van der Waals surface area contributed by atoms with Crippen molar-refractivity contribution in [2.75, 3.05) is 13.3 Å². The van der Waals surface area contributed by atoms with E-state index >= 15 is 0 Å². The molecular formula is C2H6ClFO. The molecular weight excluding hydrogens is 94.5 g/mol. The molecule has 0 aliphatic rings. The minimum absolute atomic E-state index is 0. The van der Waals surface area contributed by atoms with Crippen molar-refractivity contribution in [1.29, 1.82) is 0 Å². The summed E-state index contributed by atoms with van der Waals surface area (Å²) in [5.41, 5.74) is 0. The standard InChI is InChI=1S/C2H5FO.ClH/c3-1-2-4;/h4H,1-2H2;1H. The number of alkyl halides is 1. The molecule has 5 heavy (non-hydrogen) atoms. The van der Waals surface area contributed by atoms with Crippen LogP contribution in [0.3, 0.4) is 0 Å². The van der Waals surface area contributed by atoms with Crippen LogP contribution in [0, 0.1) is 0 Å². The highest BCUT2D eigenvalue weighted by molar-refractivity contribution is 5.85. The van der Waals surface area contributed by atoms with Gasteiger partial charge in [-0.1, -0.05) is 0 Å². The fourth-order valence-corrected chi connectivity index (χ4v) is 0. The molecule has 0 heterocycles. The van der Waals surface area contributed by atoms with Gasteiger partial charge in [-0.2, -0.15) is 0 Å². The summed E-state index contributed by atoms with van der Waals surface area (Å²) < 4.78 is 10.5. The number of aliphatic hydroxyl groups is 1. The molecule has 0 amide bonds. The first-order valence-electron chi connectivity index (χ1n) is 1.08. The second-order valence-electron chi connectivity index (χ2n) is 0.413. The van der Waals surface area contributed by atoms with E-state index in [0.717, 1.165) is 0 Å². The molecule has 0 atom stereocenters. The molecule has 0 aromatic heterocycles. The van der Waals surface area contributed by atoms with Crippen molar-refractivity contribution >= 4 is 12.4 Å². The van der Waals surface area contributed by atoms with Gasteiger partial charge >= 0.3 is 0 Å². The van der Waals surface area contributed by atoms with Crippen molar-refractivity contribution in [3.8, 4) is 0 Å². The number of rotatable bonds is 1. The lowest BCUT2D eigenvalue weighted by Gasteiger charge is -1.66. The molecule has 1 N–H and O–H groups in total. The molecule has 0 unspecified atom stereocenters. The summed E-state index contributed by atoms with van der Waals surface area (Å²) in [5, 5.41) is 7.50. The van der Waals surface area contributed by atoms with Crippen LogP contribution in [0.4, 0.5) is 4.39 Å². The van der Waals surface area contributed by atoms with E-state index in [-0.39, 0.29) is 19.0 Å². The highest BCUT2D eigenvalue weighted by Crippen LogP contribution is 1.54. The monoisotopic (exact) mass is 100 g/mol. The van der Waals surface area contributed by atoms with Crippen LogP contribution in [-0.2, 0) is 0 Å². The van der Waals surface area contributed by atoms with E-state index in [4.69, 9.17) is 5.11 Å². The van der Waals surface area contributed by atoms with Gasteiger partial charge < -0.3 is 5.11 Å². The second-order valence-corrected chi connectivity index (χ2v) is 0.413. The third-order valence-corrected chi connectivity index (χ3v) is 0.0845. The van der Waals surface area contributed by atoms with Crippen molar-refractivity contribution in [2.24, 2.45) is 0 Å². The van der Waals surface area contributed by atoms with Gasteiger partial charge in [-0.15, -0.1) is 12.4 Å². The van der Waals surface area contributed by atoms with E-state index in [1.165, 1.54) is 0 Å². The van der Waals surface area contributed by atoms with Crippen molar-refractivity contribution in [3.05, 3.63) is 0 Å². The first kappa shape index (κ1) is 8.95. The van der Waals surface area contributed by atoms with Gasteiger partial charge in [0, 0.05) is 0 Å². The van der Waals surface area contributed by atoms with Gasteiger partial charge in [0.1, 0.15) is 6.67 Å². The predicted octanol–water partition coefficient (Wildman–Crippen LogP) is 0.370. The molecule has 34 valence electrons. The molecule has 0 aliphatic carbocycles. The van der Waals surface area contributed by atoms with Crippen LogP contribution in [0.5, 0.6) is 0 Å². The molecule has 0 saturated heterocycles. The smallest absolute Gasteiger partial charge is 0.112 e. The lowest BCUT2D eigenvalue weighted by atomic mass is 10.9. The summed E-state index contributed by atoms with van der Waals surface area (Å²) in [6.07, 6.45) is 0. The third-order valence-electron chi connectivity index (χ3n) is 0.0845. The average Bonchev–Trinajstić information content (AvgIpc) is 1.37. The largest absolute Gasteiger partial charge is 0.394 e. The zero-order valence-electron chi connectivity index (χ0n) is 2.65. The molecule has 0 fully saturated rings. The van der Waals surface area contributed by atoms with Crippen LogP contribution in [-0.4, -0.2) is 18.4 Å². The second kappa shape index (κ2) is 8.89. The first-order chi connectivity index (χ1) is 1.91. The van der Waals surface area contributed by atoms with Gasteiger partial charge in [0.05, 0.1) is 6.61 Å². The van der Waals surface area contributed by atoms with E-state index in [1.54, 1.807) is 0 Å². The van der Waals surface area contributed by atoms with Crippen molar-refractivity contribution in [3.63, 3.8) is 0 Å². The van der Waals surface area contributed by atoms with Crippen LogP contribution < -0.4 is 0 Å². The minimum Gasteiger partial charge on any atom is -0.394 e. The van der Waals surface area contributed by atoms with E-state index < -0.39 is 6.67 Å². The highest BCUT2D eigenvalue weighted by Gasteiger charge is 1.61. The number of hydrogen-bond donors (Lipinski definition) is 1. The summed E-state index contributed by atoms with van der Waals surface area (Å²) >= 11 is 0. The van der Waals surface area contributed by atoms with Crippen LogP contribution in [0.15, 0.2) is 0 Å². The Balaban J connectivity index is 0. The maximum Gasteiger partial charge on any atom is 0.112 e. The number of halogens is 2. The molecule has 0 radical (unpaired) electrons. The Labute approximate surface area is 36.2 Å². The lowest BCUT2D eigenvalue weighted by Crippen LogP contribution is -1.77. The molecule has 0 aliphatic heterocycles. The summed E-state index contributed by atoms with van der Waals surface area (Å²) in [5.74, 6) is 0. The number of hydrogen-bond acceptors (Lipinski definition) is 1. The molecule has 0 bridgehead atoms. The van der Waals surface area contributed by atoms with Gasteiger partial charge in [0.2, 0.25) is 0 Å². The normalized spacial score (nSPS) is 6.00. The molecule has 1 nitrogen and oxygen atoms in total. The maximum atomic E-state index is 10.5. The summed E-state index contributed by atoms with van der Waals surface area (Å²) in [6, 6.07) is 0. The van der Waals surface area contributed by atoms with Gasteiger partial charge in [-0.25, -0.2) is 4.39 Å². The molecule has 0 spiro atoms. The van der Waals surface area contributed by atoms with E-state index in [0.29, 0.717) is 0 Å². The van der Waals surface area contributed by atoms with E-state index in [9.17, 15) is 4.39 Å². The van der Waals surface area contributed by atoms with Crippen LogP contribution in [0.2, 0.25) is 0 Å². The first-order valence-corrected chi connectivity index (χ1v) is 1.08. The Morgan fingerprint density at radius 3 is 1.80 bits per heavy atom. The van der Waals surface area contributed by atoms with Crippen LogP contribution in [0.25, 0.3) is 0 Å². The fourth-order valence-electron chi connectivity index (χ4n) is 0. The highest BCUT2D eigenvalue weighted by atomic mass is 35.5. The molecule has 3 heteroatoms. The SMILES string of the molecule is Cl.OCCF. The predicted molar refractivity (Wildman–Crippen MR) is 20.3 cm³/mol. The Morgan fingerprint density at radius 1 is 1.60 bits per heavy atom. The van der Waals surface area contributed by atoms with E-state index in [1.807, 2.05) is 0 Å². The maximum absolute atomic E-state index is 10.5. The van der Waals surface area contributed by atoms with Gasteiger partial charge in [-0.05, 0) is 0 Å². The minimum atomic E-state index is -0.625. The van der Waals surface area contributed by atoms with Crippen molar-refractivity contribution in [2.45, 2.75) is 0 Å². The van der Waals surface area contributed by atoms with Gasteiger partial charge in [0.25, 0.3) is 0 Å². The van der Waals surface area contributed by atoms with E-state index in [2.05, 4.69) is 0 Å². The Bertz CT molecular complexity index is 11.6.